The fourth-order valence-electron chi connectivity index (χ4n) is 4.52. The fraction of sp³-hybridized carbons (Fsp3) is 0.435. The molecule has 2 aliphatic rings. The number of carbonyl (C=O) groups excluding carboxylic acids is 1. The summed E-state index contributed by atoms with van der Waals surface area (Å²) >= 11 is 0. The van der Waals surface area contributed by atoms with Crippen LogP contribution in [0.5, 0.6) is 0 Å². The first-order valence-electron chi connectivity index (χ1n) is 10.4. The quantitative estimate of drug-likeness (QED) is 0.772. The Labute approximate surface area is 173 Å². The van der Waals surface area contributed by atoms with Crippen LogP contribution in [0.1, 0.15) is 37.2 Å². The zero-order chi connectivity index (χ0) is 20.3. The van der Waals surface area contributed by atoms with Crippen molar-refractivity contribution < 1.29 is 13.2 Å². The van der Waals surface area contributed by atoms with Gasteiger partial charge in [0.2, 0.25) is 15.9 Å². The monoisotopic (exact) mass is 412 g/mol. The Hall–Kier alpha value is -2.18. The molecule has 0 N–H and O–H groups in total. The number of carbonyl (C=O) groups is 1. The minimum Gasteiger partial charge on any atom is -0.342 e. The Morgan fingerprint density at radius 3 is 2.10 bits per heavy atom. The molecule has 0 radical (unpaired) electrons. The fourth-order valence-corrected chi connectivity index (χ4v) is 6.07. The van der Waals surface area contributed by atoms with Gasteiger partial charge in [-0.3, -0.25) is 4.79 Å². The molecule has 0 saturated carbocycles. The van der Waals surface area contributed by atoms with Crippen LogP contribution < -0.4 is 0 Å². The summed E-state index contributed by atoms with van der Waals surface area (Å²) in [7, 11) is -3.54. The largest absolute Gasteiger partial charge is 0.342 e. The van der Waals surface area contributed by atoms with E-state index in [1.165, 1.54) is 9.87 Å². The molecule has 1 amide bonds. The minimum absolute atomic E-state index is 0.115. The molecule has 1 unspecified atom stereocenters. The lowest BCUT2D eigenvalue weighted by molar-refractivity contribution is -0.137. The zero-order valence-electron chi connectivity index (χ0n) is 16.6. The molecule has 4 rings (SSSR count). The van der Waals surface area contributed by atoms with Gasteiger partial charge in [-0.25, -0.2) is 8.42 Å². The molecular weight excluding hydrogens is 384 g/mol. The molecule has 6 heteroatoms. The molecule has 29 heavy (non-hydrogen) atoms. The lowest BCUT2D eigenvalue weighted by atomic mass is 9.88. The van der Waals surface area contributed by atoms with E-state index in [0.717, 1.165) is 38.8 Å². The topological polar surface area (TPSA) is 57.7 Å². The summed E-state index contributed by atoms with van der Waals surface area (Å²) in [5, 5.41) is 0. The summed E-state index contributed by atoms with van der Waals surface area (Å²) in [4.78, 5) is 15.4. The highest BCUT2D eigenvalue weighted by atomic mass is 32.2. The van der Waals surface area contributed by atoms with E-state index in [9.17, 15) is 13.2 Å². The van der Waals surface area contributed by atoms with Gasteiger partial charge in [-0.2, -0.15) is 4.31 Å². The number of piperidine rings is 2. The van der Waals surface area contributed by atoms with Gasteiger partial charge in [-0.05, 0) is 49.3 Å². The van der Waals surface area contributed by atoms with Crippen LogP contribution in [-0.4, -0.2) is 49.7 Å². The van der Waals surface area contributed by atoms with Crippen LogP contribution in [0.4, 0.5) is 0 Å². The zero-order valence-corrected chi connectivity index (χ0v) is 17.4. The smallest absolute Gasteiger partial charge is 0.243 e. The van der Waals surface area contributed by atoms with E-state index in [-0.39, 0.29) is 18.4 Å². The third-order valence-corrected chi connectivity index (χ3v) is 8.07. The van der Waals surface area contributed by atoms with Crippen molar-refractivity contribution >= 4 is 15.9 Å². The summed E-state index contributed by atoms with van der Waals surface area (Å²) in [5.41, 5.74) is 1.34. The molecule has 154 valence electrons. The Morgan fingerprint density at radius 2 is 1.45 bits per heavy atom. The highest BCUT2D eigenvalue weighted by molar-refractivity contribution is 7.89. The first-order chi connectivity index (χ1) is 14.1. The minimum atomic E-state index is -3.54. The van der Waals surface area contributed by atoms with Crippen molar-refractivity contribution in [3.05, 3.63) is 66.2 Å². The van der Waals surface area contributed by atoms with Gasteiger partial charge in [0.05, 0.1) is 10.8 Å². The van der Waals surface area contributed by atoms with Crippen molar-refractivity contribution in [2.75, 3.05) is 26.2 Å². The lowest BCUT2D eigenvalue weighted by Gasteiger charge is -2.37. The summed E-state index contributed by atoms with van der Waals surface area (Å²) in [6.45, 7) is 2.27. The molecule has 0 spiro atoms. The molecule has 5 nitrogen and oxygen atoms in total. The molecular formula is C23H28N2O3S. The van der Waals surface area contributed by atoms with E-state index >= 15 is 0 Å². The summed E-state index contributed by atoms with van der Waals surface area (Å²) in [6.07, 6.45) is 3.42. The van der Waals surface area contributed by atoms with Gasteiger partial charge in [0, 0.05) is 26.2 Å². The molecule has 0 bridgehead atoms. The Kier molecular flexibility index (Phi) is 6.01. The number of likely N-dealkylation sites (tertiary alicyclic amines) is 1. The maximum Gasteiger partial charge on any atom is 0.243 e. The second-order valence-corrected chi connectivity index (χ2v) is 9.96. The predicted molar refractivity (Wildman–Crippen MR) is 113 cm³/mol. The molecule has 2 aliphatic heterocycles. The molecule has 2 heterocycles. The molecule has 2 saturated heterocycles. The van der Waals surface area contributed by atoms with Crippen molar-refractivity contribution in [3.8, 4) is 0 Å². The molecule has 1 atom stereocenters. The molecule has 0 aliphatic carbocycles. The number of amides is 1. The standard InChI is InChI=1S/C23H28N2O3S/c26-23(24-16-13-20(14-17-24)19-8-3-1-4-9-19)21-10-7-15-25(18-21)29(27,28)22-11-5-2-6-12-22/h1-6,8-9,11-12,20-21H,7,10,13-18H2. The highest BCUT2D eigenvalue weighted by Gasteiger charge is 2.36. The van der Waals surface area contributed by atoms with Crippen molar-refractivity contribution in [1.82, 2.24) is 9.21 Å². The normalized spacial score (nSPS) is 21.8. The van der Waals surface area contributed by atoms with Gasteiger partial charge in [0.1, 0.15) is 0 Å². The van der Waals surface area contributed by atoms with Crippen LogP contribution >= 0.6 is 0 Å². The van der Waals surface area contributed by atoms with Gasteiger partial charge in [0.25, 0.3) is 0 Å². The van der Waals surface area contributed by atoms with Gasteiger partial charge in [0.15, 0.2) is 0 Å². The Bertz CT molecular complexity index is 923. The summed E-state index contributed by atoms with van der Waals surface area (Å²) < 4.78 is 27.4. The van der Waals surface area contributed by atoms with Crippen molar-refractivity contribution in [1.29, 1.82) is 0 Å². The van der Waals surface area contributed by atoms with E-state index in [1.807, 2.05) is 11.0 Å². The Morgan fingerprint density at radius 1 is 0.828 bits per heavy atom. The van der Waals surface area contributed by atoms with Gasteiger partial charge in [-0.1, -0.05) is 48.5 Å². The van der Waals surface area contributed by atoms with E-state index in [2.05, 4.69) is 24.3 Å². The molecule has 0 aromatic heterocycles. The van der Waals surface area contributed by atoms with E-state index in [4.69, 9.17) is 0 Å². The number of benzene rings is 2. The highest BCUT2D eigenvalue weighted by Crippen LogP contribution is 2.30. The first-order valence-corrected chi connectivity index (χ1v) is 11.9. The van der Waals surface area contributed by atoms with Crippen LogP contribution in [0.2, 0.25) is 0 Å². The third kappa shape index (κ3) is 4.38. The van der Waals surface area contributed by atoms with Crippen molar-refractivity contribution in [3.63, 3.8) is 0 Å². The van der Waals surface area contributed by atoms with Crippen LogP contribution in [0.3, 0.4) is 0 Å². The number of nitrogens with zero attached hydrogens (tertiary/aromatic N) is 2. The predicted octanol–water partition coefficient (Wildman–Crippen LogP) is 3.49. The third-order valence-electron chi connectivity index (χ3n) is 6.19. The second kappa shape index (κ2) is 8.67. The average Bonchev–Trinajstić information content (AvgIpc) is 2.80. The van der Waals surface area contributed by atoms with Gasteiger partial charge < -0.3 is 4.90 Å². The van der Waals surface area contributed by atoms with E-state index in [0.29, 0.717) is 17.4 Å². The maximum absolute atomic E-state index is 13.1. The van der Waals surface area contributed by atoms with Crippen molar-refractivity contribution in [2.24, 2.45) is 5.92 Å². The SMILES string of the molecule is O=C(C1CCCN(S(=O)(=O)c2ccccc2)C1)N1CCC(c2ccccc2)CC1. The lowest BCUT2D eigenvalue weighted by Crippen LogP contribution is -2.48. The van der Waals surface area contributed by atoms with Crippen LogP contribution in [0, 0.1) is 5.92 Å². The van der Waals surface area contributed by atoms with Crippen LogP contribution in [-0.2, 0) is 14.8 Å². The first kappa shape index (κ1) is 20.1. The molecule has 2 fully saturated rings. The number of rotatable bonds is 4. The molecule has 2 aromatic rings. The number of hydrogen-bond acceptors (Lipinski definition) is 3. The number of sulfonamides is 1. The maximum atomic E-state index is 13.1. The summed E-state index contributed by atoms with van der Waals surface area (Å²) in [5.74, 6) is 0.376. The van der Waals surface area contributed by atoms with Gasteiger partial charge >= 0.3 is 0 Å². The van der Waals surface area contributed by atoms with Crippen molar-refractivity contribution in [2.45, 2.75) is 36.5 Å². The van der Waals surface area contributed by atoms with Crippen LogP contribution in [0.15, 0.2) is 65.6 Å². The van der Waals surface area contributed by atoms with E-state index < -0.39 is 10.0 Å². The summed E-state index contributed by atoms with van der Waals surface area (Å²) in [6, 6.07) is 19.0. The average molecular weight is 413 g/mol. The van der Waals surface area contributed by atoms with Gasteiger partial charge in [-0.15, -0.1) is 0 Å². The van der Waals surface area contributed by atoms with Crippen LogP contribution in [0.25, 0.3) is 0 Å². The second-order valence-electron chi connectivity index (χ2n) is 8.03. The van der Waals surface area contributed by atoms with E-state index in [1.54, 1.807) is 30.3 Å². The Balaban J connectivity index is 1.38. The molecule has 2 aromatic carbocycles. The number of hydrogen-bond donors (Lipinski definition) is 0.